The van der Waals surface area contributed by atoms with Crippen molar-refractivity contribution in [2.75, 3.05) is 0 Å². The lowest BCUT2D eigenvalue weighted by atomic mass is 10.1. The SMILES string of the molecule is O=C(Cc1cccc(O)c1)OCc1ccc(-c2nc3ccccc3o2)cc1. The fourth-order valence-corrected chi connectivity index (χ4v) is 2.79. The van der Waals surface area contributed by atoms with E-state index in [1.807, 2.05) is 48.5 Å². The molecule has 4 rings (SSSR count). The Kier molecular flexibility index (Phi) is 4.58. The second-order valence-electron chi connectivity index (χ2n) is 6.19. The molecule has 0 aliphatic carbocycles. The van der Waals surface area contributed by atoms with E-state index >= 15 is 0 Å². The first-order valence-electron chi connectivity index (χ1n) is 8.56. The number of rotatable bonds is 5. The normalized spacial score (nSPS) is 10.8. The Bertz CT molecular complexity index is 1050. The van der Waals surface area contributed by atoms with Crippen molar-refractivity contribution >= 4 is 17.1 Å². The number of carbonyl (C=O) groups is 1. The zero-order chi connectivity index (χ0) is 18.6. The van der Waals surface area contributed by atoms with Gasteiger partial charge in [-0.15, -0.1) is 0 Å². The number of hydrogen-bond donors (Lipinski definition) is 1. The fraction of sp³-hybridized carbons (Fsp3) is 0.0909. The van der Waals surface area contributed by atoms with Crippen LogP contribution in [-0.4, -0.2) is 16.1 Å². The zero-order valence-electron chi connectivity index (χ0n) is 14.5. The van der Waals surface area contributed by atoms with E-state index in [1.165, 1.54) is 0 Å². The van der Waals surface area contributed by atoms with Crippen molar-refractivity contribution in [2.24, 2.45) is 0 Å². The fourth-order valence-electron chi connectivity index (χ4n) is 2.79. The van der Waals surface area contributed by atoms with Crippen molar-refractivity contribution in [1.29, 1.82) is 0 Å². The minimum Gasteiger partial charge on any atom is -0.508 e. The van der Waals surface area contributed by atoms with Crippen molar-refractivity contribution in [2.45, 2.75) is 13.0 Å². The van der Waals surface area contributed by atoms with Crippen molar-refractivity contribution in [3.05, 3.63) is 83.9 Å². The van der Waals surface area contributed by atoms with Gasteiger partial charge in [-0.1, -0.05) is 36.4 Å². The number of esters is 1. The molecule has 5 nitrogen and oxygen atoms in total. The molecule has 3 aromatic carbocycles. The highest BCUT2D eigenvalue weighted by Crippen LogP contribution is 2.24. The summed E-state index contributed by atoms with van der Waals surface area (Å²) < 4.78 is 11.1. The molecule has 27 heavy (non-hydrogen) atoms. The zero-order valence-corrected chi connectivity index (χ0v) is 14.5. The van der Waals surface area contributed by atoms with Crippen LogP contribution >= 0.6 is 0 Å². The maximum Gasteiger partial charge on any atom is 0.310 e. The van der Waals surface area contributed by atoms with Gasteiger partial charge in [-0.2, -0.15) is 0 Å². The third-order valence-corrected chi connectivity index (χ3v) is 4.15. The highest BCUT2D eigenvalue weighted by molar-refractivity contribution is 5.76. The molecular formula is C22H17NO4. The van der Waals surface area contributed by atoms with Crippen LogP contribution in [0.3, 0.4) is 0 Å². The molecule has 5 heteroatoms. The molecule has 4 aromatic rings. The summed E-state index contributed by atoms with van der Waals surface area (Å²) in [5, 5.41) is 9.44. The third-order valence-electron chi connectivity index (χ3n) is 4.15. The van der Waals surface area contributed by atoms with Gasteiger partial charge in [0.25, 0.3) is 0 Å². The molecule has 0 aliphatic heterocycles. The minimum absolute atomic E-state index is 0.120. The lowest BCUT2D eigenvalue weighted by molar-refractivity contribution is -0.144. The molecule has 0 amide bonds. The number of aromatic hydroxyl groups is 1. The summed E-state index contributed by atoms with van der Waals surface area (Å²) in [4.78, 5) is 16.4. The van der Waals surface area contributed by atoms with Crippen LogP contribution < -0.4 is 0 Å². The summed E-state index contributed by atoms with van der Waals surface area (Å²) in [6, 6.07) is 21.7. The largest absolute Gasteiger partial charge is 0.508 e. The van der Waals surface area contributed by atoms with E-state index < -0.39 is 0 Å². The second kappa shape index (κ2) is 7.33. The van der Waals surface area contributed by atoms with Crippen molar-refractivity contribution in [1.82, 2.24) is 4.98 Å². The molecule has 0 saturated heterocycles. The Morgan fingerprint density at radius 1 is 0.963 bits per heavy atom. The quantitative estimate of drug-likeness (QED) is 0.532. The molecule has 0 bridgehead atoms. The van der Waals surface area contributed by atoms with E-state index in [4.69, 9.17) is 9.15 Å². The van der Waals surface area contributed by atoms with Crippen molar-refractivity contribution < 1.29 is 19.1 Å². The molecule has 0 atom stereocenters. The topological polar surface area (TPSA) is 72.6 Å². The molecule has 0 radical (unpaired) electrons. The molecular weight excluding hydrogens is 342 g/mol. The van der Waals surface area contributed by atoms with Crippen LogP contribution in [0.5, 0.6) is 5.75 Å². The number of phenols is 1. The Morgan fingerprint density at radius 3 is 2.56 bits per heavy atom. The molecule has 1 N–H and O–H groups in total. The van der Waals surface area contributed by atoms with Crippen LogP contribution in [0.4, 0.5) is 0 Å². The highest BCUT2D eigenvalue weighted by atomic mass is 16.5. The van der Waals surface area contributed by atoms with Crippen molar-refractivity contribution in [3.8, 4) is 17.2 Å². The second-order valence-corrected chi connectivity index (χ2v) is 6.19. The lowest BCUT2D eigenvalue weighted by Gasteiger charge is -2.06. The smallest absolute Gasteiger partial charge is 0.310 e. The minimum atomic E-state index is -0.344. The predicted octanol–water partition coefficient (Wildman–Crippen LogP) is 4.49. The number of ether oxygens (including phenoxy) is 1. The first-order chi connectivity index (χ1) is 13.2. The summed E-state index contributed by atoms with van der Waals surface area (Å²) in [5.41, 5.74) is 4.02. The first kappa shape index (κ1) is 16.8. The average Bonchev–Trinajstić information content (AvgIpc) is 3.11. The van der Waals surface area contributed by atoms with Gasteiger partial charge in [-0.05, 0) is 47.5 Å². The van der Waals surface area contributed by atoms with E-state index in [2.05, 4.69) is 4.98 Å². The molecule has 1 heterocycles. The Balaban J connectivity index is 1.38. The van der Waals surface area contributed by atoms with E-state index in [0.29, 0.717) is 11.5 Å². The summed E-state index contributed by atoms with van der Waals surface area (Å²) in [6.07, 6.45) is 0.120. The summed E-state index contributed by atoms with van der Waals surface area (Å²) in [7, 11) is 0. The van der Waals surface area contributed by atoms with Gasteiger partial charge < -0.3 is 14.3 Å². The number of hydrogen-bond acceptors (Lipinski definition) is 5. The van der Waals surface area contributed by atoms with E-state index in [0.717, 1.165) is 22.2 Å². The molecule has 0 unspecified atom stereocenters. The molecule has 0 spiro atoms. The maximum atomic E-state index is 12.0. The van der Waals surface area contributed by atoms with Gasteiger partial charge >= 0.3 is 5.97 Å². The van der Waals surface area contributed by atoms with Gasteiger partial charge in [0, 0.05) is 5.56 Å². The third kappa shape index (κ3) is 3.98. The molecule has 0 fully saturated rings. The van der Waals surface area contributed by atoms with Gasteiger partial charge in [0.1, 0.15) is 17.9 Å². The number of fused-ring (bicyclic) bond motifs is 1. The molecule has 1 aromatic heterocycles. The van der Waals surface area contributed by atoms with Gasteiger partial charge in [0.05, 0.1) is 6.42 Å². The highest BCUT2D eigenvalue weighted by Gasteiger charge is 2.09. The van der Waals surface area contributed by atoms with E-state index in [-0.39, 0.29) is 24.7 Å². The van der Waals surface area contributed by atoms with Crippen LogP contribution in [0.1, 0.15) is 11.1 Å². The maximum absolute atomic E-state index is 12.0. The molecule has 0 saturated carbocycles. The standard InChI is InChI=1S/C22H17NO4/c24-18-5-3-4-16(12-18)13-21(25)26-14-15-8-10-17(11-9-15)22-23-19-6-1-2-7-20(19)27-22/h1-12,24H,13-14H2. The predicted molar refractivity (Wildman–Crippen MR) is 101 cm³/mol. The van der Waals surface area contributed by atoms with E-state index in [9.17, 15) is 9.90 Å². The van der Waals surface area contributed by atoms with Crippen LogP contribution in [-0.2, 0) is 22.6 Å². The Morgan fingerprint density at radius 2 is 1.78 bits per heavy atom. The number of benzene rings is 3. The van der Waals surface area contributed by atoms with Crippen molar-refractivity contribution in [3.63, 3.8) is 0 Å². The Hall–Kier alpha value is -3.60. The van der Waals surface area contributed by atoms with Gasteiger partial charge in [-0.3, -0.25) is 4.79 Å². The number of phenolic OH excluding ortho intramolecular Hbond substituents is 1. The average molecular weight is 359 g/mol. The summed E-state index contributed by atoms with van der Waals surface area (Å²) in [5.74, 6) is 0.349. The Labute approximate surface area is 155 Å². The van der Waals surface area contributed by atoms with Gasteiger partial charge in [0.2, 0.25) is 5.89 Å². The number of para-hydroxylation sites is 2. The first-order valence-corrected chi connectivity index (χ1v) is 8.56. The number of carbonyl (C=O) groups excluding carboxylic acids is 1. The van der Waals surface area contributed by atoms with Crippen LogP contribution in [0.15, 0.2) is 77.2 Å². The number of nitrogens with zero attached hydrogens (tertiary/aromatic N) is 1. The van der Waals surface area contributed by atoms with Crippen LogP contribution in [0, 0.1) is 0 Å². The number of oxazole rings is 1. The lowest BCUT2D eigenvalue weighted by Crippen LogP contribution is -2.07. The monoisotopic (exact) mass is 359 g/mol. The molecule has 0 aliphatic rings. The van der Waals surface area contributed by atoms with Gasteiger partial charge in [-0.25, -0.2) is 4.98 Å². The van der Waals surface area contributed by atoms with E-state index in [1.54, 1.807) is 24.3 Å². The summed E-state index contributed by atoms with van der Waals surface area (Å²) >= 11 is 0. The van der Waals surface area contributed by atoms with Crippen LogP contribution in [0.2, 0.25) is 0 Å². The number of aromatic nitrogens is 1. The van der Waals surface area contributed by atoms with Gasteiger partial charge in [0.15, 0.2) is 5.58 Å². The molecule has 134 valence electrons. The van der Waals surface area contributed by atoms with Crippen LogP contribution in [0.25, 0.3) is 22.6 Å². The summed E-state index contributed by atoms with van der Waals surface area (Å²) in [6.45, 7) is 0.186.